The fourth-order valence-corrected chi connectivity index (χ4v) is 4.72. The highest BCUT2D eigenvalue weighted by Crippen LogP contribution is 2.35. The van der Waals surface area contributed by atoms with E-state index in [4.69, 9.17) is 18.9 Å². The van der Waals surface area contributed by atoms with Crippen molar-refractivity contribution in [1.82, 2.24) is 8.75 Å². The Hall–Kier alpha value is -4.44. The van der Waals surface area contributed by atoms with Crippen molar-refractivity contribution in [2.75, 3.05) is 27.4 Å². The van der Waals surface area contributed by atoms with E-state index < -0.39 is 11.8 Å². The average Bonchev–Trinajstić information content (AvgIpc) is 3.40. The highest BCUT2D eigenvalue weighted by molar-refractivity contribution is 7.00. The van der Waals surface area contributed by atoms with Crippen molar-refractivity contribution in [3.05, 3.63) is 76.9 Å². The van der Waals surface area contributed by atoms with Gasteiger partial charge < -0.3 is 24.1 Å². The molecular formula is C27H22N2O7S. The fraction of sp³-hybridized carbons (Fsp3) is 0.185. The Labute approximate surface area is 216 Å². The number of rotatable bonds is 8. The minimum absolute atomic E-state index is 0.0304. The number of carboxylic acids is 1. The van der Waals surface area contributed by atoms with E-state index in [9.17, 15) is 14.7 Å². The van der Waals surface area contributed by atoms with Crippen LogP contribution >= 0.6 is 11.7 Å². The number of Topliss-reactive ketones (excluding diaryl/α,β-unsaturated/α-hetero) is 1. The third kappa shape index (κ3) is 4.83. The Balaban J connectivity index is 1.67. The zero-order chi connectivity index (χ0) is 25.9. The topological polar surface area (TPSA) is 117 Å². The lowest BCUT2D eigenvalue weighted by atomic mass is 9.89. The number of ether oxygens (including phenoxy) is 4. The van der Waals surface area contributed by atoms with Crippen molar-refractivity contribution in [1.29, 1.82) is 0 Å². The Morgan fingerprint density at radius 2 is 1.59 bits per heavy atom. The maximum absolute atomic E-state index is 13.9. The zero-order valence-corrected chi connectivity index (χ0v) is 20.8. The summed E-state index contributed by atoms with van der Waals surface area (Å²) >= 11 is 1.03. The van der Waals surface area contributed by atoms with Crippen molar-refractivity contribution in [3.8, 4) is 23.0 Å². The summed E-state index contributed by atoms with van der Waals surface area (Å²) in [7, 11) is 3.04. The van der Waals surface area contributed by atoms with Crippen LogP contribution in [-0.4, -0.2) is 53.0 Å². The number of carboxylic acid groups (broad SMARTS) is 1. The number of hydrogen-bond acceptors (Lipinski definition) is 9. The van der Waals surface area contributed by atoms with Crippen LogP contribution in [0.1, 0.15) is 21.5 Å². The Kier molecular flexibility index (Phi) is 6.74. The number of fused-ring (bicyclic) bond motifs is 2. The van der Waals surface area contributed by atoms with Crippen LogP contribution in [0.15, 0.2) is 60.2 Å². The van der Waals surface area contributed by atoms with Gasteiger partial charge >= 0.3 is 5.97 Å². The van der Waals surface area contributed by atoms with E-state index >= 15 is 0 Å². The normalized spacial score (nSPS) is 13.1. The van der Waals surface area contributed by atoms with Crippen LogP contribution in [-0.2, 0) is 11.2 Å². The van der Waals surface area contributed by atoms with Gasteiger partial charge in [0.2, 0.25) is 0 Å². The molecule has 1 N–H and O–H groups in total. The van der Waals surface area contributed by atoms with Crippen molar-refractivity contribution in [2.45, 2.75) is 6.42 Å². The van der Waals surface area contributed by atoms with Crippen LogP contribution in [0.5, 0.6) is 23.0 Å². The van der Waals surface area contributed by atoms with Gasteiger partial charge in [-0.2, -0.15) is 8.75 Å². The largest absolute Gasteiger partial charge is 0.493 e. The molecule has 1 aliphatic rings. The highest BCUT2D eigenvalue weighted by Gasteiger charge is 2.26. The molecule has 1 aromatic heterocycles. The van der Waals surface area contributed by atoms with Gasteiger partial charge in [0.1, 0.15) is 24.2 Å². The van der Waals surface area contributed by atoms with E-state index in [1.165, 1.54) is 14.2 Å². The SMILES string of the molecule is COc1ccc(C/C(C(=O)c2ccc3c(c2)OCCO3)=C(\C(=O)O)c2ccc3nsnc3c2)cc1OC. The van der Waals surface area contributed by atoms with Crippen molar-refractivity contribution < 1.29 is 33.6 Å². The second-order valence-electron chi connectivity index (χ2n) is 8.18. The van der Waals surface area contributed by atoms with Gasteiger partial charge in [0, 0.05) is 17.6 Å². The van der Waals surface area contributed by atoms with Crippen LogP contribution in [0.3, 0.4) is 0 Å². The van der Waals surface area contributed by atoms with E-state index in [1.54, 1.807) is 54.6 Å². The third-order valence-electron chi connectivity index (χ3n) is 5.97. The van der Waals surface area contributed by atoms with Gasteiger partial charge in [-0.15, -0.1) is 0 Å². The van der Waals surface area contributed by atoms with Crippen LogP contribution in [0, 0.1) is 0 Å². The molecule has 0 bridgehead atoms. The van der Waals surface area contributed by atoms with E-state index in [1.807, 2.05) is 0 Å². The average molecular weight is 519 g/mol. The van der Waals surface area contributed by atoms with Gasteiger partial charge in [-0.1, -0.05) is 12.1 Å². The van der Waals surface area contributed by atoms with Gasteiger partial charge in [-0.25, -0.2) is 4.79 Å². The maximum atomic E-state index is 13.9. The number of aromatic nitrogens is 2. The first-order chi connectivity index (χ1) is 18.0. The number of carbonyl (C=O) groups excluding carboxylic acids is 1. The summed E-state index contributed by atoms with van der Waals surface area (Å²) in [5.74, 6) is 0.292. The number of hydrogen-bond donors (Lipinski definition) is 1. The van der Waals surface area contributed by atoms with Crippen molar-refractivity contribution in [3.63, 3.8) is 0 Å². The van der Waals surface area contributed by atoms with E-state index in [2.05, 4.69) is 8.75 Å². The molecule has 188 valence electrons. The molecule has 3 aromatic carbocycles. The number of methoxy groups -OCH3 is 2. The van der Waals surface area contributed by atoms with Crippen molar-refractivity contribution in [2.24, 2.45) is 0 Å². The number of aliphatic carboxylic acids is 1. The van der Waals surface area contributed by atoms with Crippen LogP contribution in [0.25, 0.3) is 16.6 Å². The first-order valence-corrected chi connectivity index (χ1v) is 12.1. The number of carbonyl (C=O) groups is 2. The lowest BCUT2D eigenvalue weighted by Gasteiger charge is -2.19. The first-order valence-electron chi connectivity index (χ1n) is 11.3. The molecule has 0 unspecified atom stereocenters. The Morgan fingerprint density at radius 1 is 0.865 bits per heavy atom. The molecule has 0 saturated carbocycles. The quantitative estimate of drug-likeness (QED) is 0.267. The number of nitrogens with zero attached hydrogens (tertiary/aromatic N) is 2. The molecule has 2 heterocycles. The lowest BCUT2D eigenvalue weighted by molar-refractivity contribution is -0.130. The molecule has 0 atom stereocenters. The summed E-state index contributed by atoms with van der Waals surface area (Å²) in [4.78, 5) is 26.6. The number of benzene rings is 3. The third-order valence-corrected chi connectivity index (χ3v) is 6.52. The molecule has 37 heavy (non-hydrogen) atoms. The number of allylic oxidation sites excluding steroid dienone is 1. The zero-order valence-electron chi connectivity index (χ0n) is 20.0. The summed E-state index contributed by atoms with van der Waals surface area (Å²) in [6, 6.07) is 15.0. The fourth-order valence-electron chi connectivity index (χ4n) is 4.20. The molecule has 10 heteroatoms. The predicted molar refractivity (Wildman–Crippen MR) is 137 cm³/mol. The van der Waals surface area contributed by atoms with Crippen molar-refractivity contribution >= 4 is 40.1 Å². The van der Waals surface area contributed by atoms with E-state index in [0.29, 0.717) is 58.4 Å². The van der Waals surface area contributed by atoms with Crippen LogP contribution in [0.4, 0.5) is 0 Å². The Morgan fingerprint density at radius 3 is 2.35 bits per heavy atom. The maximum Gasteiger partial charge on any atom is 0.336 e. The van der Waals surface area contributed by atoms with Crippen LogP contribution in [0.2, 0.25) is 0 Å². The summed E-state index contributed by atoms with van der Waals surface area (Å²) in [6.45, 7) is 0.781. The summed E-state index contributed by atoms with van der Waals surface area (Å²) in [5.41, 5.74) is 2.50. The molecule has 0 amide bonds. The summed E-state index contributed by atoms with van der Waals surface area (Å²) in [5, 5.41) is 10.3. The molecule has 0 fully saturated rings. The molecule has 1 aliphatic heterocycles. The highest BCUT2D eigenvalue weighted by atomic mass is 32.1. The Bertz CT molecular complexity index is 1540. The van der Waals surface area contributed by atoms with Gasteiger partial charge in [0.15, 0.2) is 28.8 Å². The van der Waals surface area contributed by atoms with Crippen LogP contribution < -0.4 is 18.9 Å². The molecule has 4 aromatic rings. The molecule has 0 spiro atoms. The van der Waals surface area contributed by atoms with Gasteiger partial charge in [-0.05, 0) is 53.6 Å². The second kappa shape index (κ2) is 10.3. The molecular weight excluding hydrogens is 496 g/mol. The first kappa shape index (κ1) is 24.3. The van der Waals surface area contributed by atoms with Gasteiger partial charge in [0.25, 0.3) is 0 Å². The lowest BCUT2D eigenvalue weighted by Crippen LogP contribution is -2.17. The standard InChI is InChI=1S/C27H22N2O7S/c1-33-21-7-3-15(12-23(21)34-2)11-18(26(30)17-5-8-22-24(14-17)36-10-9-35-22)25(27(31)32)16-4-6-19-20(13-16)29-37-28-19/h3-8,12-14H,9-11H2,1-2H3,(H,31,32)/b25-18+. The molecule has 0 saturated heterocycles. The predicted octanol–water partition coefficient (Wildman–Crippen LogP) is 4.44. The molecule has 9 nitrogen and oxygen atoms in total. The molecule has 0 radical (unpaired) electrons. The summed E-state index contributed by atoms with van der Waals surface area (Å²) in [6.07, 6.45) is 0.0304. The number of ketones is 1. The molecule has 0 aliphatic carbocycles. The second-order valence-corrected chi connectivity index (χ2v) is 8.71. The molecule has 5 rings (SSSR count). The van der Waals surface area contributed by atoms with E-state index in [-0.39, 0.29) is 23.1 Å². The monoisotopic (exact) mass is 518 g/mol. The van der Waals surface area contributed by atoms with E-state index in [0.717, 1.165) is 11.7 Å². The van der Waals surface area contributed by atoms with Gasteiger partial charge in [0.05, 0.1) is 31.5 Å². The van der Waals surface area contributed by atoms with Gasteiger partial charge in [-0.3, -0.25) is 4.79 Å². The minimum atomic E-state index is -1.23. The summed E-state index contributed by atoms with van der Waals surface area (Å²) < 4.78 is 30.4. The smallest absolute Gasteiger partial charge is 0.336 e. The minimum Gasteiger partial charge on any atom is -0.493 e.